The number of hydrogen-bond acceptors (Lipinski definition) is 4. The normalized spacial score (nSPS) is 10.4. The Morgan fingerprint density at radius 3 is 2.86 bits per heavy atom. The molecule has 2 aromatic rings. The van der Waals surface area contributed by atoms with Crippen LogP contribution < -0.4 is 5.73 Å². The molecule has 0 aliphatic carbocycles. The zero-order chi connectivity index (χ0) is 10.1. The summed E-state index contributed by atoms with van der Waals surface area (Å²) in [4.78, 5) is 0. The van der Waals surface area contributed by atoms with Crippen molar-refractivity contribution >= 4 is 5.69 Å². The van der Waals surface area contributed by atoms with Gasteiger partial charge >= 0.3 is 0 Å². The number of hydrogen-bond donors (Lipinski definition) is 1. The number of tetrazole rings is 1. The molecule has 0 amide bonds. The number of aromatic nitrogens is 4. The van der Waals surface area contributed by atoms with Gasteiger partial charge in [-0.25, -0.2) is 9.07 Å². The van der Waals surface area contributed by atoms with Crippen LogP contribution in [0.15, 0.2) is 18.2 Å². The van der Waals surface area contributed by atoms with Crippen LogP contribution in [0.25, 0.3) is 11.4 Å². The summed E-state index contributed by atoms with van der Waals surface area (Å²) in [6, 6.07) is 4.28. The van der Waals surface area contributed by atoms with Gasteiger partial charge < -0.3 is 5.73 Å². The van der Waals surface area contributed by atoms with E-state index in [1.165, 1.54) is 22.9 Å². The fraction of sp³-hybridized carbons (Fsp3) is 0.125. The van der Waals surface area contributed by atoms with Crippen molar-refractivity contribution in [2.24, 2.45) is 7.05 Å². The first kappa shape index (κ1) is 8.61. The lowest BCUT2D eigenvalue weighted by molar-refractivity contribution is 0.627. The third kappa shape index (κ3) is 1.30. The molecule has 0 saturated heterocycles. The largest absolute Gasteiger partial charge is 0.399 e. The van der Waals surface area contributed by atoms with Gasteiger partial charge in [-0.1, -0.05) is 0 Å². The summed E-state index contributed by atoms with van der Waals surface area (Å²) in [7, 11) is 1.64. The SMILES string of the molecule is Cn1nnnc1-c1cc(N)ccc1F. The summed E-state index contributed by atoms with van der Waals surface area (Å²) in [5.41, 5.74) is 6.32. The van der Waals surface area contributed by atoms with Gasteiger partial charge in [0.05, 0.1) is 5.56 Å². The molecule has 2 rings (SSSR count). The molecule has 0 bridgehead atoms. The average Bonchev–Trinajstić information content (AvgIpc) is 2.56. The van der Waals surface area contributed by atoms with Gasteiger partial charge in [0.2, 0.25) is 0 Å². The molecule has 0 atom stereocenters. The number of nitrogens with zero attached hydrogens (tertiary/aromatic N) is 4. The maximum atomic E-state index is 13.3. The zero-order valence-corrected chi connectivity index (χ0v) is 7.48. The number of aryl methyl sites for hydroxylation is 1. The van der Waals surface area contributed by atoms with E-state index in [1.54, 1.807) is 7.05 Å². The molecule has 14 heavy (non-hydrogen) atoms. The Labute approximate surface area is 79.3 Å². The number of nitrogens with two attached hydrogens (primary N) is 1. The minimum Gasteiger partial charge on any atom is -0.399 e. The molecule has 1 aromatic heterocycles. The quantitative estimate of drug-likeness (QED) is 0.673. The van der Waals surface area contributed by atoms with Crippen LogP contribution >= 0.6 is 0 Å². The third-order valence-corrected chi connectivity index (χ3v) is 1.85. The van der Waals surface area contributed by atoms with Crippen LogP contribution in [0.4, 0.5) is 10.1 Å². The number of nitrogen functional groups attached to an aromatic ring is 1. The highest BCUT2D eigenvalue weighted by Gasteiger charge is 2.11. The van der Waals surface area contributed by atoms with Gasteiger partial charge in [-0.2, -0.15) is 0 Å². The van der Waals surface area contributed by atoms with E-state index in [2.05, 4.69) is 15.5 Å². The van der Waals surface area contributed by atoms with Crippen molar-refractivity contribution in [3.63, 3.8) is 0 Å². The van der Waals surface area contributed by atoms with Crippen molar-refractivity contribution in [2.45, 2.75) is 0 Å². The van der Waals surface area contributed by atoms with Crippen LogP contribution in [-0.4, -0.2) is 20.2 Å². The Bertz CT molecular complexity index is 465. The first-order valence-electron chi connectivity index (χ1n) is 3.96. The summed E-state index contributed by atoms with van der Waals surface area (Å²) in [5, 5.41) is 10.7. The summed E-state index contributed by atoms with van der Waals surface area (Å²) in [6.07, 6.45) is 0. The third-order valence-electron chi connectivity index (χ3n) is 1.85. The molecule has 0 radical (unpaired) electrons. The molecular weight excluding hydrogens is 185 g/mol. The van der Waals surface area contributed by atoms with Crippen molar-refractivity contribution in [1.82, 2.24) is 20.2 Å². The number of halogens is 1. The predicted octanol–water partition coefficient (Wildman–Crippen LogP) is 0.598. The molecule has 0 aliphatic rings. The van der Waals surface area contributed by atoms with Crippen LogP contribution in [0, 0.1) is 5.82 Å². The predicted molar refractivity (Wildman–Crippen MR) is 48.6 cm³/mol. The molecular formula is C8H8FN5. The molecule has 1 aromatic carbocycles. The van der Waals surface area contributed by atoms with E-state index in [0.717, 1.165) is 0 Å². The first-order valence-corrected chi connectivity index (χ1v) is 3.96. The van der Waals surface area contributed by atoms with E-state index in [9.17, 15) is 4.39 Å². The molecule has 0 fully saturated rings. The Morgan fingerprint density at radius 2 is 2.21 bits per heavy atom. The average molecular weight is 193 g/mol. The van der Waals surface area contributed by atoms with E-state index >= 15 is 0 Å². The Hall–Kier alpha value is -1.98. The Morgan fingerprint density at radius 1 is 1.43 bits per heavy atom. The van der Waals surface area contributed by atoms with E-state index in [-0.39, 0.29) is 0 Å². The van der Waals surface area contributed by atoms with E-state index in [1.807, 2.05) is 0 Å². The molecule has 2 N–H and O–H groups in total. The van der Waals surface area contributed by atoms with E-state index in [0.29, 0.717) is 17.1 Å². The molecule has 0 unspecified atom stereocenters. The second kappa shape index (κ2) is 3.06. The molecule has 1 heterocycles. The van der Waals surface area contributed by atoms with Gasteiger partial charge in [-0.15, -0.1) is 5.10 Å². The highest BCUT2D eigenvalue weighted by atomic mass is 19.1. The maximum absolute atomic E-state index is 13.3. The summed E-state index contributed by atoms with van der Waals surface area (Å²) < 4.78 is 14.7. The van der Waals surface area contributed by atoms with Crippen LogP contribution in [0.5, 0.6) is 0 Å². The molecule has 0 saturated carbocycles. The molecule has 0 spiro atoms. The minimum atomic E-state index is -0.392. The van der Waals surface area contributed by atoms with Crippen molar-refractivity contribution in [1.29, 1.82) is 0 Å². The minimum absolute atomic E-state index is 0.303. The number of benzene rings is 1. The van der Waals surface area contributed by atoms with Gasteiger partial charge in [-0.05, 0) is 28.6 Å². The number of anilines is 1. The van der Waals surface area contributed by atoms with Crippen molar-refractivity contribution in [3.05, 3.63) is 24.0 Å². The lowest BCUT2D eigenvalue weighted by Gasteiger charge is -2.01. The van der Waals surface area contributed by atoms with Crippen LogP contribution in [0.3, 0.4) is 0 Å². The van der Waals surface area contributed by atoms with Crippen molar-refractivity contribution in [2.75, 3.05) is 5.73 Å². The van der Waals surface area contributed by atoms with Gasteiger partial charge in [0.15, 0.2) is 5.82 Å². The smallest absolute Gasteiger partial charge is 0.184 e. The monoisotopic (exact) mass is 193 g/mol. The summed E-state index contributed by atoms with van der Waals surface area (Å²) >= 11 is 0. The Balaban J connectivity index is 2.62. The fourth-order valence-electron chi connectivity index (χ4n) is 1.17. The first-order chi connectivity index (χ1) is 6.68. The zero-order valence-electron chi connectivity index (χ0n) is 7.48. The van der Waals surface area contributed by atoms with Gasteiger partial charge in [0, 0.05) is 12.7 Å². The van der Waals surface area contributed by atoms with Gasteiger partial charge in [0.25, 0.3) is 0 Å². The van der Waals surface area contributed by atoms with E-state index in [4.69, 9.17) is 5.73 Å². The fourth-order valence-corrected chi connectivity index (χ4v) is 1.17. The van der Waals surface area contributed by atoms with Crippen LogP contribution in [0.1, 0.15) is 0 Å². The molecule has 5 nitrogen and oxygen atoms in total. The highest BCUT2D eigenvalue weighted by molar-refractivity contribution is 5.61. The van der Waals surface area contributed by atoms with Gasteiger partial charge in [0.1, 0.15) is 5.82 Å². The lowest BCUT2D eigenvalue weighted by atomic mass is 10.2. The highest BCUT2D eigenvalue weighted by Crippen LogP contribution is 2.21. The molecule has 72 valence electrons. The second-order valence-corrected chi connectivity index (χ2v) is 2.87. The van der Waals surface area contributed by atoms with Crippen molar-refractivity contribution < 1.29 is 4.39 Å². The Kier molecular flexibility index (Phi) is 1.88. The van der Waals surface area contributed by atoms with Crippen LogP contribution in [0.2, 0.25) is 0 Å². The second-order valence-electron chi connectivity index (χ2n) is 2.87. The molecule has 6 heteroatoms. The lowest BCUT2D eigenvalue weighted by Crippen LogP contribution is -1.97. The topological polar surface area (TPSA) is 69.6 Å². The van der Waals surface area contributed by atoms with Crippen molar-refractivity contribution in [3.8, 4) is 11.4 Å². The summed E-state index contributed by atoms with van der Waals surface area (Å²) in [5.74, 6) is -0.0353. The van der Waals surface area contributed by atoms with Gasteiger partial charge in [-0.3, -0.25) is 0 Å². The number of rotatable bonds is 1. The maximum Gasteiger partial charge on any atom is 0.184 e. The molecule has 0 aliphatic heterocycles. The van der Waals surface area contributed by atoms with E-state index < -0.39 is 5.82 Å². The summed E-state index contributed by atoms with van der Waals surface area (Å²) in [6.45, 7) is 0. The van der Waals surface area contributed by atoms with Crippen LogP contribution in [-0.2, 0) is 7.05 Å². The standard InChI is InChI=1S/C8H8FN5/c1-14-8(11-12-13-14)6-4-5(10)2-3-7(6)9/h2-4H,10H2,1H3.